The van der Waals surface area contributed by atoms with Gasteiger partial charge in [-0.15, -0.1) is 0 Å². The van der Waals surface area contributed by atoms with Crippen molar-refractivity contribution < 1.29 is 5.11 Å². The fourth-order valence-corrected chi connectivity index (χ4v) is 2.71. The second-order valence-corrected chi connectivity index (χ2v) is 5.43. The average Bonchev–Trinajstić information content (AvgIpc) is 2.30. The molecule has 0 bridgehead atoms. The Labute approximate surface area is 105 Å². The highest BCUT2D eigenvalue weighted by atomic mass is 79.9. The fourth-order valence-electron chi connectivity index (χ4n) is 2.29. The summed E-state index contributed by atoms with van der Waals surface area (Å²) in [4.78, 5) is 0. The van der Waals surface area contributed by atoms with E-state index in [4.69, 9.17) is 0 Å². The van der Waals surface area contributed by atoms with Gasteiger partial charge in [-0.1, -0.05) is 28.1 Å². The third-order valence-corrected chi connectivity index (χ3v) is 3.68. The summed E-state index contributed by atoms with van der Waals surface area (Å²) in [5, 5.41) is 13.5. The van der Waals surface area contributed by atoms with Gasteiger partial charge in [-0.25, -0.2) is 0 Å². The highest BCUT2D eigenvalue weighted by molar-refractivity contribution is 9.10. The van der Waals surface area contributed by atoms with Crippen molar-refractivity contribution >= 4 is 15.9 Å². The summed E-state index contributed by atoms with van der Waals surface area (Å²) in [5.74, 6) is 0.614. The van der Waals surface area contributed by atoms with Crippen molar-refractivity contribution in [3.05, 3.63) is 34.3 Å². The molecule has 0 aromatic heterocycles. The first kappa shape index (κ1) is 12.1. The molecule has 1 heterocycles. The second kappa shape index (κ2) is 5.80. The molecular weight excluding hydrogens is 266 g/mol. The summed E-state index contributed by atoms with van der Waals surface area (Å²) in [7, 11) is 0. The van der Waals surface area contributed by atoms with Crippen molar-refractivity contribution in [1.82, 2.24) is 5.32 Å². The molecule has 2 N–H and O–H groups in total. The van der Waals surface area contributed by atoms with Crippen LogP contribution < -0.4 is 5.32 Å². The van der Waals surface area contributed by atoms with E-state index in [-0.39, 0.29) is 6.10 Å². The van der Waals surface area contributed by atoms with Gasteiger partial charge in [-0.2, -0.15) is 0 Å². The molecule has 3 heteroatoms. The molecule has 2 nitrogen and oxygen atoms in total. The van der Waals surface area contributed by atoms with Gasteiger partial charge < -0.3 is 10.4 Å². The summed E-state index contributed by atoms with van der Waals surface area (Å²) < 4.78 is 1.03. The van der Waals surface area contributed by atoms with Gasteiger partial charge >= 0.3 is 0 Å². The van der Waals surface area contributed by atoms with Crippen LogP contribution in [-0.4, -0.2) is 18.2 Å². The van der Waals surface area contributed by atoms with Gasteiger partial charge in [-0.3, -0.25) is 0 Å². The largest absolute Gasteiger partial charge is 0.388 e. The summed E-state index contributed by atoms with van der Waals surface area (Å²) in [6, 6.07) is 7.95. The lowest BCUT2D eigenvalue weighted by Crippen LogP contribution is -2.30. The Morgan fingerprint density at radius 3 is 3.06 bits per heavy atom. The first-order valence-electron chi connectivity index (χ1n) is 5.90. The quantitative estimate of drug-likeness (QED) is 0.894. The van der Waals surface area contributed by atoms with E-state index in [1.165, 1.54) is 12.8 Å². The molecular formula is C13H18BrNO. The Balaban J connectivity index is 1.94. The number of rotatable bonds is 3. The van der Waals surface area contributed by atoms with Crippen LogP contribution in [0, 0.1) is 5.92 Å². The van der Waals surface area contributed by atoms with E-state index in [0.717, 1.165) is 29.5 Å². The summed E-state index contributed by atoms with van der Waals surface area (Å²) in [6.45, 7) is 2.18. The molecule has 2 unspecified atom stereocenters. The lowest BCUT2D eigenvalue weighted by molar-refractivity contribution is 0.135. The second-order valence-electron chi connectivity index (χ2n) is 4.52. The van der Waals surface area contributed by atoms with E-state index >= 15 is 0 Å². The van der Waals surface area contributed by atoms with Crippen LogP contribution in [0.3, 0.4) is 0 Å². The van der Waals surface area contributed by atoms with Crippen molar-refractivity contribution in [2.24, 2.45) is 5.92 Å². The molecule has 1 aromatic rings. The highest BCUT2D eigenvalue weighted by Crippen LogP contribution is 2.26. The minimum atomic E-state index is -0.331. The maximum absolute atomic E-state index is 10.1. The molecule has 0 radical (unpaired) electrons. The third-order valence-electron chi connectivity index (χ3n) is 3.19. The monoisotopic (exact) mass is 283 g/mol. The molecule has 1 saturated heterocycles. The number of nitrogens with one attached hydrogen (secondary N) is 1. The summed E-state index contributed by atoms with van der Waals surface area (Å²) in [5.41, 5.74) is 1.01. The summed E-state index contributed by atoms with van der Waals surface area (Å²) >= 11 is 3.43. The molecule has 2 rings (SSSR count). The molecule has 1 aliphatic rings. The SMILES string of the molecule is OC(CC1CCCNC1)c1cccc(Br)c1. The van der Waals surface area contributed by atoms with Crippen LogP contribution in [0.5, 0.6) is 0 Å². The number of aliphatic hydroxyl groups is 1. The van der Waals surface area contributed by atoms with E-state index in [2.05, 4.69) is 21.2 Å². The van der Waals surface area contributed by atoms with Crippen LogP contribution >= 0.6 is 15.9 Å². The molecule has 0 spiro atoms. The zero-order valence-corrected chi connectivity index (χ0v) is 10.9. The van der Waals surface area contributed by atoms with Crippen molar-refractivity contribution in [3.63, 3.8) is 0 Å². The molecule has 0 saturated carbocycles. The van der Waals surface area contributed by atoms with Crippen LogP contribution in [0.25, 0.3) is 0 Å². The molecule has 1 aromatic carbocycles. The lowest BCUT2D eigenvalue weighted by Gasteiger charge is -2.25. The average molecular weight is 284 g/mol. The van der Waals surface area contributed by atoms with Crippen LogP contribution in [0.4, 0.5) is 0 Å². The smallest absolute Gasteiger partial charge is 0.0793 e. The van der Waals surface area contributed by atoms with E-state index < -0.39 is 0 Å². The van der Waals surface area contributed by atoms with E-state index in [0.29, 0.717) is 5.92 Å². The molecule has 1 fully saturated rings. The number of aliphatic hydroxyl groups excluding tert-OH is 1. The van der Waals surface area contributed by atoms with Crippen molar-refractivity contribution in [3.8, 4) is 0 Å². The Bertz CT molecular complexity index is 336. The predicted octanol–water partition coefficient (Wildman–Crippen LogP) is 2.87. The van der Waals surface area contributed by atoms with Gasteiger partial charge in [0.05, 0.1) is 6.10 Å². The number of benzene rings is 1. The Kier molecular flexibility index (Phi) is 4.38. The number of hydrogen-bond donors (Lipinski definition) is 2. The van der Waals surface area contributed by atoms with Crippen LogP contribution in [-0.2, 0) is 0 Å². The van der Waals surface area contributed by atoms with Crippen LogP contribution in [0.1, 0.15) is 30.9 Å². The number of hydrogen-bond acceptors (Lipinski definition) is 2. The fraction of sp³-hybridized carbons (Fsp3) is 0.538. The van der Waals surface area contributed by atoms with Gasteiger partial charge in [-0.05, 0) is 56.0 Å². The van der Waals surface area contributed by atoms with Gasteiger partial charge in [0.2, 0.25) is 0 Å². The molecule has 0 aliphatic carbocycles. The van der Waals surface area contributed by atoms with Gasteiger partial charge in [0.25, 0.3) is 0 Å². The standard InChI is InChI=1S/C13H18BrNO/c14-12-5-1-4-11(8-12)13(16)7-10-3-2-6-15-9-10/h1,4-5,8,10,13,15-16H,2-3,6-7,9H2. The van der Waals surface area contributed by atoms with Crippen LogP contribution in [0.15, 0.2) is 28.7 Å². The van der Waals surface area contributed by atoms with E-state index in [9.17, 15) is 5.11 Å². The maximum Gasteiger partial charge on any atom is 0.0793 e. The Hall–Kier alpha value is -0.380. The maximum atomic E-state index is 10.1. The van der Waals surface area contributed by atoms with Gasteiger partial charge in [0.1, 0.15) is 0 Å². The first-order valence-corrected chi connectivity index (χ1v) is 6.69. The van der Waals surface area contributed by atoms with E-state index in [1.54, 1.807) is 0 Å². The van der Waals surface area contributed by atoms with Crippen LogP contribution in [0.2, 0.25) is 0 Å². The van der Waals surface area contributed by atoms with Crippen molar-refractivity contribution in [1.29, 1.82) is 0 Å². The minimum absolute atomic E-state index is 0.331. The Morgan fingerprint density at radius 1 is 1.50 bits per heavy atom. The van der Waals surface area contributed by atoms with Gasteiger partial charge in [0, 0.05) is 4.47 Å². The first-order chi connectivity index (χ1) is 7.75. The third kappa shape index (κ3) is 3.30. The molecule has 1 aliphatic heterocycles. The van der Waals surface area contributed by atoms with Gasteiger partial charge in [0.15, 0.2) is 0 Å². The van der Waals surface area contributed by atoms with Crippen molar-refractivity contribution in [2.45, 2.75) is 25.4 Å². The normalized spacial score (nSPS) is 23.0. The number of piperidine rings is 1. The number of halogens is 1. The minimum Gasteiger partial charge on any atom is -0.388 e. The molecule has 16 heavy (non-hydrogen) atoms. The lowest BCUT2D eigenvalue weighted by atomic mass is 9.91. The van der Waals surface area contributed by atoms with E-state index in [1.807, 2.05) is 24.3 Å². The highest BCUT2D eigenvalue weighted by Gasteiger charge is 2.18. The zero-order valence-electron chi connectivity index (χ0n) is 9.32. The predicted molar refractivity (Wildman–Crippen MR) is 69.3 cm³/mol. The van der Waals surface area contributed by atoms with Crippen molar-refractivity contribution in [2.75, 3.05) is 13.1 Å². The summed E-state index contributed by atoms with van der Waals surface area (Å²) in [6.07, 6.45) is 3.00. The zero-order chi connectivity index (χ0) is 11.4. The molecule has 2 atom stereocenters. The Morgan fingerprint density at radius 2 is 2.38 bits per heavy atom. The topological polar surface area (TPSA) is 32.3 Å². The molecule has 88 valence electrons. The molecule has 0 amide bonds.